The molecule has 0 amide bonds. The van der Waals surface area contributed by atoms with E-state index < -0.39 is 5.97 Å². The number of carboxylic acid groups (broad SMARTS) is 1. The van der Waals surface area contributed by atoms with E-state index in [-0.39, 0.29) is 11.4 Å². The summed E-state index contributed by atoms with van der Waals surface area (Å²) in [7, 11) is 0. The number of rotatable bonds is 4. The van der Waals surface area contributed by atoms with Gasteiger partial charge in [0.15, 0.2) is 0 Å². The third kappa shape index (κ3) is 2.83. The first kappa shape index (κ1) is 14.1. The van der Waals surface area contributed by atoms with Crippen molar-refractivity contribution in [2.45, 2.75) is 6.92 Å². The Hall–Kier alpha value is -2.27. The van der Waals surface area contributed by atoms with Crippen LogP contribution in [0, 0.1) is 0 Å². The minimum Gasteiger partial charge on any atom is -0.494 e. The summed E-state index contributed by atoms with van der Waals surface area (Å²) in [5.41, 5.74) is 6.74. The Morgan fingerprint density at radius 1 is 1.45 bits per heavy atom. The Morgan fingerprint density at radius 2 is 2.20 bits per heavy atom. The van der Waals surface area contributed by atoms with Gasteiger partial charge in [-0.2, -0.15) is 0 Å². The fraction of sp³-hybridized carbons (Fsp3) is 0.143. The van der Waals surface area contributed by atoms with E-state index in [9.17, 15) is 4.79 Å². The summed E-state index contributed by atoms with van der Waals surface area (Å²) in [6.07, 6.45) is 1.49. The summed E-state index contributed by atoms with van der Waals surface area (Å²) < 4.78 is 5.34. The Balaban J connectivity index is 2.46. The minimum absolute atomic E-state index is 0.0247. The molecule has 2 rings (SSSR count). The lowest BCUT2D eigenvalue weighted by atomic mass is 10.1. The van der Waals surface area contributed by atoms with Crippen molar-refractivity contribution in [1.29, 1.82) is 0 Å². The summed E-state index contributed by atoms with van der Waals surface area (Å²) in [6.45, 7) is 2.42. The number of hydrogen-bond donors (Lipinski definition) is 2. The quantitative estimate of drug-likeness (QED) is 0.904. The molecule has 1 aromatic heterocycles. The minimum atomic E-state index is -1.13. The SMILES string of the molecule is CCOc1ccc(-c2cnc(N)c(C(=O)O)c2)c(Cl)c1. The van der Waals surface area contributed by atoms with E-state index in [1.165, 1.54) is 12.3 Å². The Bertz CT molecular complexity index is 659. The summed E-state index contributed by atoms with van der Waals surface area (Å²) >= 11 is 6.18. The second-order valence-corrected chi connectivity index (χ2v) is 4.44. The van der Waals surface area contributed by atoms with Gasteiger partial charge in [-0.15, -0.1) is 0 Å². The van der Waals surface area contributed by atoms with Crippen molar-refractivity contribution in [3.05, 3.63) is 41.0 Å². The Kier molecular flexibility index (Phi) is 4.10. The van der Waals surface area contributed by atoms with E-state index in [0.29, 0.717) is 28.5 Å². The molecule has 20 heavy (non-hydrogen) atoms. The zero-order valence-electron chi connectivity index (χ0n) is 10.8. The van der Waals surface area contributed by atoms with Crippen molar-refractivity contribution in [2.24, 2.45) is 0 Å². The second kappa shape index (κ2) is 5.79. The molecular formula is C14H13ClN2O3. The normalized spacial score (nSPS) is 10.3. The number of halogens is 1. The molecule has 1 aromatic carbocycles. The number of ether oxygens (including phenoxy) is 1. The summed E-state index contributed by atoms with van der Waals surface area (Å²) in [5.74, 6) is -0.495. The maximum Gasteiger partial charge on any atom is 0.339 e. The molecule has 0 unspecified atom stereocenters. The summed E-state index contributed by atoms with van der Waals surface area (Å²) in [5, 5.41) is 9.50. The van der Waals surface area contributed by atoms with Crippen LogP contribution in [0.2, 0.25) is 5.02 Å². The van der Waals surface area contributed by atoms with Gasteiger partial charge in [-0.3, -0.25) is 0 Å². The lowest BCUT2D eigenvalue weighted by Crippen LogP contribution is -2.04. The van der Waals surface area contributed by atoms with Gasteiger partial charge < -0.3 is 15.6 Å². The molecule has 5 nitrogen and oxygen atoms in total. The molecule has 0 bridgehead atoms. The highest BCUT2D eigenvalue weighted by Gasteiger charge is 2.13. The highest BCUT2D eigenvalue weighted by molar-refractivity contribution is 6.33. The van der Waals surface area contributed by atoms with E-state index in [1.807, 2.05) is 6.92 Å². The lowest BCUT2D eigenvalue weighted by Gasteiger charge is -2.09. The molecule has 0 saturated carbocycles. The predicted octanol–water partition coefficient (Wildman–Crippen LogP) is 3.08. The van der Waals surface area contributed by atoms with Crippen molar-refractivity contribution in [3.8, 4) is 16.9 Å². The van der Waals surface area contributed by atoms with E-state index in [0.717, 1.165) is 0 Å². The van der Waals surface area contributed by atoms with Gasteiger partial charge in [-0.1, -0.05) is 11.6 Å². The molecule has 0 fully saturated rings. The van der Waals surface area contributed by atoms with Crippen LogP contribution in [0.1, 0.15) is 17.3 Å². The van der Waals surface area contributed by atoms with Crippen LogP contribution in [0.15, 0.2) is 30.5 Å². The fourth-order valence-electron chi connectivity index (χ4n) is 1.78. The monoisotopic (exact) mass is 292 g/mol. The number of hydrogen-bond acceptors (Lipinski definition) is 4. The number of aromatic carboxylic acids is 1. The van der Waals surface area contributed by atoms with E-state index in [4.69, 9.17) is 27.2 Å². The third-order valence-electron chi connectivity index (χ3n) is 2.71. The average Bonchev–Trinajstić information content (AvgIpc) is 2.40. The van der Waals surface area contributed by atoms with Crippen molar-refractivity contribution < 1.29 is 14.6 Å². The van der Waals surface area contributed by atoms with Gasteiger partial charge in [0.25, 0.3) is 0 Å². The molecule has 0 atom stereocenters. The van der Waals surface area contributed by atoms with Gasteiger partial charge in [0.1, 0.15) is 17.1 Å². The van der Waals surface area contributed by atoms with E-state index in [1.54, 1.807) is 18.2 Å². The first-order chi connectivity index (χ1) is 9.52. The van der Waals surface area contributed by atoms with Gasteiger partial charge in [0, 0.05) is 17.3 Å². The van der Waals surface area contributed by atoms with Crippen molar-refractivity contribution in [1.82, 2.24) is 4.98 Å². The largest absolute Gasteiger partial charge is 0.494 e. The smallest absolute Gasteiger partial charge is 0.339 e. The second-order valence-electron chi connectivity index (χ2n) is 4.04. The molecule has 104 valence electrons. The van der Waals surface area contributed by atoms with Crippen molar-refractivity contribution >= 4 is 23.4 Å². The van der Waals surface area contributed by atoms with Crippen LogP contribution in [0.3, 0.4) is 0 Å². The number of anilines is 1. The number of nitrogens with zero attached hydrogens (tertiary/aromatic N) is 1. The van der Waals surface area contributed by atoms with Gasteiger partial charge in [0.2, 0.25) is 0 Å². The van der Waals surface area contributed by atoms with Crippen LogP contribution in [0.25, 0.3) is 11.1 Å². The van der Waals surface area contributed by atoms with Crippen molar-refractivity contribution in [3.63, 3.8) is 0 Å². The first-order valence-electron chi connectivity index (χ1n) is 5.94. The maximum atomic E-state index is 11.1. The standard InChI is InChI=1S/C14H13ClN2O3/c1-2-20-9-3-4-10(12(15)6-9)8-5-11(14(18)19)13(16)17-7-8/h3-7H,2H2,1H3,(H2,16,17)(H,18,19). The zero-order chi connectivity index (χ0) is 14.7. The first-order valence-corrected chi connectivity index (χ1v) is 6.32. The molecule has 3 N–H and O–H groups in total. The number of nitrogens with two attached hydrogens (primary N) is 1. The summed E-state index contributed by atoms with van der Waals surface area (Å²) in [4.78, 5) is 14.9. The number of pyridine rings is 1. The fourth-order valence-corrected chi connectivity index (χ4v) is 2.06. The zero-order valence-corrected chi connectivity index (χ0v) is 11.5. The molecule has 0 aliphatic carbocycles. The molecule has 0 saturated heterocycles. The average molecular weight is 293 g/mol. The van der Waals surface area contributed by atoms with Crippen LogP contribution in [0.5, 0.6) is 5.75 Å². The highest BCUT2D eigenvalue weighted by atomic mass is 35.5. The van der Waals surface area contributed by atoms with Crippen LogP contribution < -0.4 is 10.5 Å². The topological polar surface area (TPSA) is 85.4 Å². The van der Waals surface area contributed by atoms with Gasteiger partial charge in [-0.05, 0) is 31.2 Å². The molecule has 1 heterocycles. The molecular weight excluding hydrogens is 280 g/mol. The maximum absolute atomic E-state index is 11.1. The Labute approximate surface area is 121 Å². The molecule has 0 radical (unpaired) electrons. The van der Waals surface area contributed by atoms with Crippen molar-refractivity contribution in [2.75, 3.05) is 12.3 Å². The third-order valence-corrected chi connectivity index (χ3v) is 3.02. The molecule has 0 spiro atoms. The molecule has 2 aromatic rings. The summed E-state index contributed by atoms with van der Waals surface area (Å²) in [6, 6.07) is 6.65. The number of benzene rings is 1. The number of nitrogen functional groups attached to an aromatic ring is 1. The van der Waals surface area contributed by atoms with Crippen LogP contribution in [-0.2, 0) is 0 Å². The lowest BCUT2D eigenvalue weighted by molar-refractivity contribution is 0.0697. The van der Waals surface area contributed by atoms with Crippen LogP contribution in [0.4, 0.5) is 5.82 Å². The number of carbonyl (C=O) groups is 1. The molecule has 6 heteroatoms. The Morgan fingerprint density at radius 3 is 2.80 bits per heavy atom. The van der Waals surface area contributed by atoms with Crippen LogP contribution in [-0.4, -0.2) is 22.7 Å². The molecule has 0 aliphatic heterocycles. The van der Waals surface area contributed by atoms with E-state index in [2.05, 4.69) is 4.98 Å². The van der Waals surface area contributed by atoms with Gasteiger partial charge in [0.05, 0.1) is 11.6 Å². The molecule has 0 aliphatic rings. The van der Waals surface area contributed by atoms with Crippen LogP contribution >= 0.6 is 11.6 Å². The van der Waals surface area contributed by atoms with E-state index >= 15 is 0 Å². The number of carboxylic acids is 1. The van der Waals surface area contributed by atoms with Gasteiger partial charge in [-0.25, -0.2) is 9.78 Å². The highest BCUT2D eigenvalue weighted by Crippen LogP contribution is 2.32. The number of aromatic nitrogens is 1. The van der Waals surface area contributed by atoms with Gasteiger partial charge >= 0.3 is 5.97 Å². The predicted molar refractivity (Wildman–Crippen MR) is 77.2 cm³/mol.